The molecule has 2 nitrogen and oxygen atoms in total. The molecule has 0 fully saturated rings. The van der Waals surface area contributed by atoms with E-state index in [2.05, 4.69) is 0 Å². The van der Waals surface area contributed by atoms with E-state index in [-0.39, 0.29) is 31.4 Å². The molecule has 0 saturated carbocycles. The van der Waals surface area contributed by atoms with Crippen LogP contribution in [0.1, 0.15) is 13.8 Å². The van der Waals surface area contributed by atoms with Crippen molar-refractivity contribution in [2.24, 2.45) is 0 Å². The zero-order valence-electron chi connectivity index (χ0n) is 5.03. The fraction of sp³-hybridized carbons (Fsp3) is 1.00. The summed E-state index contributed by atoms with van der Waals surface area (Å²) in [5, 5.41) is 0. The minimum Gasteiger partial charge on any atom is -0.337 e. The molecule has 0 atom stereocenters. The molecule has 0 aliphatic carbocycles. The molecule has 0 aromatic carbocycles. The van der Waals surface area contributed by atoms with Gasteiger partial charge >= 0.3 is 0 Å². The first kappa shape index (κ1) is 11.8. The Kier molecular flexibility index (Phi) is 16.2. The molecule has 0 spiro atoms. The van der Waals surface area contributed by atoms with Crippen molar-refractivity contribution in [3.05, 3.63) is 0 Å². The Labute approximate surface area is 67.8 Å². The van der Waals surface area contributed by atoms with Gasteiger partial charge < -0.3 is 9.05 Å². The molecular weight excluding hydrogens is 308 g/mol. The van der Waals surface area contributed by atoms with Crippen molar-refractivity contribution < 1.29 is 31.4 Å². The van der Waals surface area contributed by atoms with E-state index >= 15 is 0 Å². The topological polar surface area (TPSA) is 18.5 Å². The van der Waals surface area contributed by atoms with E-state index in [1.807, 2.05) is 13.8 Å². The summed E-state index contributed by atoms with van der Waals surface area (Å²) in [6, 6.07) is 0. The smallest absolute Gasteiger partial charge is 0.155 e. The molecule has 0 aromatic rings. The Morgan fingerprint density at radius 2 is 1.50 bits per heavy atom. The van der Waals surface area contributed by atoms with Crippen molar-refractivity contribution in [3.8, 4) is 0 Å². The summed E-state index contributed by atoms with van der Waals surface area (Å²) in [5.41, 5.74) is 0. The molecular formula is C4H11AuO2P. The van der Waals surface area contributed by atoms with Gasteiger partial charge in [-0.1, -0.05) is 0 Å². The average Bonchev–Trinajstić information content (AvgIpc) is 1.69. The Morgan fingerprint density at radius 1 is 1.12 bits per heavy atom. The zero-order chi connectivity index (χ0) is 5.54. The summed E-state index contributed by atoms with van der Waals surface area (Å²) in [4.78, 5) is 0. The Bertz CT molecular complexity index is 33.2. The zero-order valence-corrected chi connectivity index (χ0v) is 8.20. The van der Waals surface area contributed by atoms with Gasteiger partial charge in [-0.25, -0.2) is 0 Å². The third kappa shape index (κ3) is 10.1. The first-order chi connectivity index (χ1) is 3.41. The van der Waals surface area contributed by atoms with E-state index in [4.69, 9.17) is 9.05 Å². The molecule has 55 valence electrons. The van der Waals surface area contributed by atoms with Gasteiger partial charge in [-0.15, -0.1) is 0 Å². The van der Waals surface area contributed by atoms with Gasteiger partial charge in [0.15, 0.2) is 9.03 Å². The van der Waals surface area contributed by atoms with E-state index in [1.54, 1.807) is 0 Å². The molecule has 0 heterocycles. The molecule has 0 rings (SSSR count). The predicted molar refractivity (Wildman–Crippen MR) is 31.6 cm³/mol. The molecule has 0 saturated heterocycles. The van der Waals surface area contributed by atoms with Crippen LogP contribution < -0.4 is 0 Å². The van der Waals surface area contributed by atoms with Crippen molar-refractivity contribution in [3.63, 3.8) is 0 Å². The molecule has 4 heteroatoms. The molecule has 0 aromatic heterocycles. The fourth-order valence-electron chi connectivity index (χ4n) is 0.160. The molecule has 0 bridgehead atoms. The van der Waals surface area contributed by atoms with E-state index < -0.39 is 0 Å². The summed E-state index contributed by atoms with van der Waals surface area (Å²) < 4.78 is 9.76. The monoisotopic (exact) mass is 319 g/mol. The second-order valence-electron chi connectivity index (χ2n) is 0.949. The van der Waals surface area contributed by atoms with Gasteiger partial charge in [-0.2, -0.15) is 0 Å². The molecule has 0 unspecified atom stereocenters. The second kappa shape index (κ2) is 11.0. The minimum absolute atomic E-state index is 0. The maximum atomic E-state index is 4.88. The summed E-state index contributed by atoms with van der Waals surface area (Å²) in [6.45, 7) is 5.40. The SMILES string of the molecule is CCOPOCC.[Au]. The van der Waals surface area contributed by atoms with Gasteiger partial charge in [0.25, 0.3) is 0 Å². The second-order valence-corrected chi connectivity index (χ2v) is 1.69. The van der Waals surface area contributed by atoms with Crippen molar-refractivity contribution in [1.29, 1.82) is 0 Å². The first-order valence-electron chi connectivity index (χ1n) is 2.40. The van der Waals surface area contributed by atoms with E-state index in [0.717, 1.165) is 13.2 Å². The summed E-state index contributed by atoms with van der Waals surface area (Å²) >= 11 is 0. The molecule has 0 aliphatic rings. The molecule has 1 radical (unpaired) electrons. The third-order valence-corrected chi connectivity index (χ3v) is 1.22. The Balaban J connectivity index is 0. The van der Waals surface area contributed by atoms with Crippen LogP contribution in [0.4, 0.5) is 0 Å². The van der Waals surface area contributed by atoms with Crippen LogP contribution in [0.15, 0.2) is 0 Å². The summed E-state index contributed by atoms with van der Waals surface area (Å²) in [5.74, 6) is 0. The molecule has 0 N–H and O–H groups in total. The van der Waals surface area contributed by atoms with Gasteiger partial charge in [0.1, 0.15) is 0 Å². The first-order valence-corrected chi connectivity index (χ1v) is 3.22. The van der Waals surface area contributed by atoms with Crippen LogP contribution in [0.25, 0.3) is 0 Å². The molecule has 8 heavy (non-hydrogen) atoms. The van der Waals surface area contributed by atoms with Crippen LogP contribution in [0, 0.1) is 0 Å². The molecule has 0 amide bonds. The predicted octanol–water partition coefficient (Wildman–Crippen LogP) is 1.57. The van der Waals surface area contributed by atoms with Crippen LogP contribution in [0.2, 0.25) is 0 Å². The minimum atomic E-state index is 0. The van der Waals surface area contributed by atoms with E-state index in [1.165, 1.54) is 0 Å². The van der Waals surface area contributed by atoms with Gasteiger partial charge in [-0.05, 0) is 13.8 Å². The maximum Gasteiger partial charge on any atom is 0.155 e. The van der Waals surface area contributed by atoms with Gasteiger partial charge in [0, 0.05) is 22.4 Å². The number of hydrogen-bond acceptors (Lipinski definition) is 2. The molecule has 0 aliphatic heterocycles. The maximum absolute atomic E-state index is 4.88. The van der Waals surface area contributed by atoms with Crippen molar-refractivity contribution in [2.45, 2.75) is 13.8 Å². The van der Waals surface area contributed by atoms with Crippen LogP contribution in [0.5, 0.6) is 0 Å². The third-order valence-electron chi connectivity index (χ3n) is 0.407. The Hall–Kier alpha value is 1.09. The average molecular weight is 319 g/mol. The largest absolute Gasteiger partial charge is 0.337 e. The Morgan fingerprint density at radius 3 is 1.75 bits per heavy atom. The fourth-order valence-corrected chi connectivity index (χ4v) is 0.479. The van der Waals surface area contributed by atoms with Crippen LogP contribution in [0.3, 0.4) is 0 Å². The standard InChI is InChI=1S/C4H11O2P.Au/c1-3-5-7-6-4-2;/h7H,3-4H2,1-2H3;. The summed E-state index contributed by atoms with van der Waals surface area (Å²) in [6.07, 6.45) is 0. The number of rotatable bonds is 4. The number of hydrogen-bond donors (Lipinski definition) is 0. The van der Waals surface area contributed by atoms with Gasteiger partial charge in [-0.3, -0.25) is 0 Å². The van der Waals surface area contributed by atoms with Gasteiger partial charge in [0.2, 0.25) is 0 Å². The summed E-state index contributed by atoms with van der Waals surface area (Å²) in [7, 11) is 0.232. The van der Waals surface area contributed by atoms with Crippen molar-refractivity contribution in [1.82, 2.24) is 0 Å². The van der Waals surface area contributed by atoms with Crippen LogP contribution in [-0.4, -0.2) is 13.2 Å². The van der Waals surface area contributed by atoms with Crippen molar-refractivity contribution in [2.75, 3.05) is 13.2 Å². The van der Waals surface area contributed by atoms with Gasteiger partial charge in [0.05, 0.1) is 13.2 Å². The van der Waals surface area contributed by atoms with Crippen LogP contribution >= 0.6 is 9.03 Å². The quantitative estimate of drug-likeness (QED) is 0.445. The van der Waals surface area contributed by atoms with Crippen LogP contribution in [-0.2, 0) is 31.4 Å². The van der Waals surface area contributed by atoms with Crippen molar-refractivity contribution >= 4 is 9.03 Å². The normalized spacial score (nSPS) is 8.25. The van der Waals surface area contributed by atoms with E-state index in [0.29, 0.717) is 0 Å². The van der Waals surface area contributed by atoms with E-state index in [9.17, 15) is 0 Å².